The highest BCUT2D eigenvalue weighted by Crippen LogP contribution is 2.22. The summed E-state index contributed by atoms with van der Waals surface area (Å²) in [4.78, 5) is 11.9. The molecule has 0 bridgehead atoms. The smallest absolute Gasteiger partial charge is 0.338 e. The normalized spacial score (nSPS) is 11.1. The Kier molecular flexibility index (Phi) is 4.16. The maximum Gasteiger partial charge on any atom is 0.338 e. The highest BCUT2D eigenvalue weighted by atomic mass is 16.6. The van der Waals surface area contributed by atoms with Crippen molar-refractivity contribution < 1.29 is 14.3 Å². The molecule has 0 aliphatic carbocycles. The number of rotatable bonds is 3. The summed E-state index contributed by atoms with van der Waals surface area (Å²) in [5.41, 5.74) is 1.13. The van der Waals surface area contributed by atoms with E-state index in [1.807, 2.05) is 33.8 Å². The molecule has 0 fully saturated rings. The van der Waals surface area contributed by atoms with Gasteiger partial charge in [-0.15, -0.1) is 0 Å². The van der Waals surface area contributed by atoms with Crippen molar-refractivity contribution in [1.29, 1.82) is 0 Å². The van der Waals surface area contributed by atoms with E-state index in [-0.39, 0.29) is 5.97 Å². The molecule has 1 aromatic rings. The Labute approximate surface area is 103 Å². The van der Waals surface area contributed by atoms with Gasteiger partial charge in [-0.2, -0.15) is 0 Å². The first-order chi connectivity index (χ1) is 7.87. The molecule has 1 aromatic carbocycles. The van der Waals surface area contributed by atoms with Crippen LogP contribution in [0, 0.1) is 0 Å². The molecule has 0 aliphatic rings. The molecule has 0 N–H and O–H groups in total. The topological polar surface area (TPSA) is 35.5 Å². The molecular formula is C14H20O3. The second-order valence-electron chi connectivity index (χ2n) is 4.88. The average Bonchev–Trinajstić information content (AvgIpc) is 2.25. The molecule has 3 heteroatoms. The number of hydrogen-bond donors (Lipinski definition) is 0. The zero-order valence-corrected chi connectivity index (χ0v) is 11.2. The number of carbonyl (C=O) groups excluding carboxylic acids is 1. The lowest BCUT2D eigenvalue weighted by Crippen LogP contribution is -2.23. The number of aryl methyl sites for hydroxylation is 1. The predicted octanol–water partition coefficient (Wildman–Crippen LogP) is 3.21. The van der Waals surface area contributed by atoms with Crippen LogP contribution in [-0.2, 0) is 11.2 Å². The third-order valence-electron chi connectivity index (χ3n) is 2.30. The van der Waals surface area contributed by atoms with Gasteiger partial charge in [0.25, 0.3) is 0 Å². The number of ether oxygens (including phenoxy) is 2. The lowest BCUT2D eigenvalue weighted by molar-refractivity contribution is 0.00692. The van der Waals surface area contributed by atoms with Crippen LogP contribution >= 0.6 is 0 Å². The van der Waals surface area contributed by atoms with Crippen LogP contribution in [0.15, 0.2) is 18.2 Å². The molecule has 1 rings (SSSR count). The van der Waals surface area contributed by atoms with Gasteiger partial charge in [0.1, 0.15) is 11.4 Å². The first-order valence-corrected chi connectivity index (χ1v) is 5.77. The van der Waals surface area contributed by atoms with Gasteiger partial charge in [0.2, 0.25) is 0 Å². The molecule has 0 saturated carbocycles. The van der Waals surface area contributed by atoms with E-state index in [1.54, 1.807) is 19.2 Å². The SMILES string of the molecule is CCc1ccc(C(=O)OC(C)(C)C)cc1OC. The first kappa shape index (κ1) is 13.6. The van der Waals surface area contributed by atoms with E-state index < -0.39 is 5.60 Å². The standard InChI is InChI=1S/C14H20O3/c1-6-10-7-8-11(9-12(10)16-5)13(15)17-14(2,3)4/h7-9H,6H2,1-5H3. The van der Waals surface area contributed by atoms with Gasteiger partial charge in [-0.05, 0) is 44.9 Å². The van der Waals surface area contributed by atoms with Crippen LogP contribution in [0.25, 0.3) is 0 Å². The second-order valence-corrected chi connectivity index (χ2v) is 4.88. The minimum absolute atomic E-state index is 0.321. The lowest BCUT2D eigenvalue weighted by Gasteiger charge is -2.19. The fourth-order valence-electron chi connectivity index (χ4n) is 1.50. The fourth-order valence-corrected chi connectivity index (χ4v) is 1.50. The summed E-state index contributed by atoms with van der Waals surface area (Å²) >= 11 is 0. The molecular weight excluding hydrogens is 216 g/mol. The van der Waals surface area contributed by atoms with Crippen LogP contribution in [0.2, 0.25) is 0 Å². The molecule has 0 unspecified atom stereocenters. The monoisotopic (exact) mass is 236 g/mol. The minimum Gasteiger partial charge on any atom is -0.496 e. The van der Waals surface area contributed by atoms with Crippen molar-refractivity contribution in [3.8, 4) is 5.75 Å². The van der Waals surface area contributed by atoms with Gasteiger partial charge in [0.05, 0.1) is 12.7 Å². The maximum atomic E-state index is 11.9. The summed E-state index contributed by atoms with van der Waals surface area (Å²) in [6.45, 7) is 7.60. The Balaban J connectivity index is 2.96. The molecule has 0 saturated heterocycles. The van der Waals surface area contributed by atoms with Crippen molar-refractivity contribution in [1.82, 2.24) is 0 Å². The second kappa shape index (κ2) is 5.21. The number of carbonyl (C=O) groups is 1. The van der Waals surface area contributed by atoms with Crippen molar-refractivity contribution in [2.45, 2.75) is 39.7 Å². The minimum atomic E-state index is -0.478. The molecule has 0 atom stereocenters. The fraction of sp³-hybridized carbons (Fsp3) is 0.500. The van der Waals surface area contributed by atoms with E-state index >= 15 is 0 Å². The van der Waals surface area contributed by atoms with Crippen LogP contribution in [0.5, 0.6) is 5.75 Å². The Bertz CT molecular complexity index is 402. The molecule has 0 aliphatic heterocycles. The van der Waals surface area contributed by atoms with E-state index in [9.17, 15) is 4.79 Å². The average molecular weight is 236 g/mol. The zero-order chi connectivity index (χ0) is 13.1. The zero-order valence-electron chi connectivity index (χ0n) is 11.2. The molecule has 0 spiro atoms. The van der Waals surface area contributed by atoms with E-state index in [2.05, 4.69) is 0 Å². The highest BCUT2D eigenvalue weighted by molar-refractivity contribution is 5.90. The van der Waals surface area contributed by atoms with Gasteiger partial charge in [0.15, 0.2) is 0 Å². The predicted molar refractivity (Wildman–Crippen MR) is 67.5 cm³/mol. The number of methoxy groups -OCH3 is 1. The van der Waals surface area contributed by atoms with Gasteiger partial charge < -0.3 is 9.47 Å². The molecule has 0 radical (unpaired) electrons. The molecule has 94 valence electrons. The molecule has 17 heavy (non-hydrogen) atoms. The van der Waals surface area contributed by atoms with Gasteiger partial charge in [-0.25, -0.2) is 4.79 Å². The maximum absolute atomic E-state index is 11.9. The van der Waals surface area contributed by atoms with Gasteiger partial charge in [-0.1, -0.05) is 13.0 Å². The summed E-state index contributed by atoms with van der Waals surface area (Å²) in [5, 5.41) is 0. The van der Waals surface area contributed by atoms with E-state index in [1.165, 1.54) is 0 Å². The first-order valence-electron chi connectivity index (χ1n) is 5.77. The van der Waals surface area contributed by atoms with Crippen LogP contribution in [-0.4, -0.2) is 18.7 Å². The van der Waals surface area contributed by atoms with Gasteiger partial charge >= 0.3 is 5.97 Å². The number of hydrogen-bond acceptors (Lipinski definition) is 3. The quantitative estimate of drug-likeness (QED) is 0.756. The molecule has 3 nitrogen and oxygen atoms in total. The van der Waals surface area contributed by atoms with Crippen LogP contribution in [0.1, 0.15) is 43.6 Å². The number of benzene rings is 1. The van der Waals surface area contributed by atoms with Crippen molar-refractivity contribution in [2.24, 2.45) is 0 Å². The van der Waals surface area contributed by atoms with E-state index in [0.717, 1.165) is 17.7 Å². The Morgan fingerprint density at radius 3 is 2.41 bits per heavy atom. The lowest BCUT2D eigenvalue weighted by atomic mass is 10.1. The Morgan fingerprint density at radius 2 is 1.94 bits per heavy atom. The third-order valence-corrected chi connectivity index (χ3v) is 2.30. The third kappa shape index (κ3) is 3.77. The number of esters is 1. The molecule has 0 amide bonds. The summed E-state index contributed by atoms with van der Waals surface area (Å²) < 4.78 is 10.6. The summed E-state index contributed by atoms with van der Waals surface area (Å²) in [6, 6.07) is 5.40. The summed E-state index contributed by atoms with van der Waals surface area (Å²) in [5.74, 6) is 0.411. The van der Waals surface area contributed by atoms with Crippen molar-refractivity contribution in [2.75, 3.05) is 7.11 Å². The van der Waals surface area contributed by atoms with Gasteiger partial charge in [0, 0.05) is 0 Å². The van der Waals surface area contributed by atoms with E-state index in [4.69, 9.17) is 9.47 Å². The van der Waals surface area contributed by atoms with Crippen molar-refractivity contribution in [3.05, 3.63) is 29.3 Å². The Morgan fingerprint density at radius 1 is 1.29 bits per heavy atom. The van der Waals surface area contributed by atoms with Crippen molar-refractivity contribution >= 4 is 5.97 Å². The molecule has 0 aromatic heterocycles. The summed E-state index contributed by atoms with van der Waals surface area (Å²) in [6.07, 6.45) is 0.873. The highest BCUT2D eigenvalue weighted by Gasteiger charge is 2.18. The largest absolute Gasteiger partial charge is 0.496 e. The van der Waals surface area contributed by atoms with Crippen LogP contribution in [0.4, 0.5) is 0 Å². The van der Waals surface area contributed by atoms with Crippen molar-refractivity contribution in [3.63, 3.8) is 0 Å². The summed E-state index contributed by atoms with van der Waals surface area (Å²) in [7, 11) is 1.60. The van der Waals surface area contributed by atoms with Gasteiger partial charge in [-0.3, -0.25) is 0 Å². The molecule has 0 heterocycles. The van der Waals surface area contributed by atoms with E-state index in [0.29, 0.717) is 5.56 Å². The van der Waals surface area contributed by atoms with Crippen LogP contribution < -0.4 is 4.74 Å². The van der Waals surface area contributed by atoms with Crippen LogP contribution in [0.3, 0.4) is 0 Å². The Hall–Kier alpha value is -1.51.